The Morgan fingerprint density at radius 1 is 1.11 bits per heavy atom. The highest BCUT2D eigenvalue weighted by atomic mass is 32.1. The molecule has 8 heteroatoms. The zero-order valence-electron chi connectivity index (χ0n) is 20.8. The third-order valence-corrected chi connectivity index (χ3v) is 7.64. The van der Waals surface area contributed by atoms with Crippen molar-refractivity contribution in [3.63, 3.8) is 0 Å². The van der Waals surface area contributed by atoms with Crippen molar-refractivity contribution in [2.45, 2.75) is 52.2 Å². The maximum atomic E-state index is 13.1. The number of nitrogens with one attached hydrogen (secondary N) is 1. The van der Waals surface area contributed by atoms with Gasteiger partial charge in [-0.2, -0.15) is 0 Å². The van der Waals surface area contributed by atoms with E-state index in [1.165, 1.54) is 11.1 Å². The van der Waals surface area contributed by atoms with E-state index in [1.807, 2.05) is 45.9 Å². The number of anilines is 1. The molecular formula is C27H32N4O3S. The van der Waals surface area contributed by atoms with Gasteiger partial charge in [-0.1, -0.05) is 35.6 Å². The molecule has 0 radical (unpaired) electrons. The van der Waals surface area contributed by atoms with Crippen molar-refractivity contribution in [3.05, 3.63) is 58.7 Å². The number of hydrogen-bond donors (Lipinski definition) is 1. The summed E-state index contributed by atoms with van der Waals surface area (Å²) in [5.41, 5.74) is 4.65. The summed E-state index contributed by atoms with van der Waals surface area (Å²) in [6.07, 6.45) is 1.67. The number of piperazine rings is 1. The van der Waals surface area contributed by atoms with Gasteiger partial charge < -0.3 is 19.9 Å². The first-order chi connectivity index (χ1) is 16.7. The van der Waals surface area contributed by atoms with Crippen LogP contribution in [0.25, 0.3) is 10.2 Å². The quantitative estimate of drug-likeness (QED) is 0.552. The molecule has 1 aliphatic carbocycles. The molecule has 3 aromatic rings. The zero-order valence-corrected chi connectivity index (χ0v) is 21.6. The van der Waals surface area contributed by atoms with Gasteiger partial charge in [0.2, 0.25) is 0 Å². The molecule has 1 N–H and O–H groups in total. The summed E-state index contributed by atoms with van der Waals surface area (Å²) in [5, 5.41) is 4.16. The van der Waals surface area contributed by atoms with Crippen molar-refractivity contribution < 1.29 is 14.3 Å². The molecule has 1 fully saturated rings. The van der Waals surface area contributed by atoms with Crippen LogP contribution in [0.3, 0.4) is 0 Å². The van der Waals surface area contributed by atoms with Crippen LogP contribution >= 0.6 is 11.3 Å². The first-order valence-electron chi connectivity index (χ1n) is 12.2. The van der Waals surface area contributed by atoms with Crippen LogP contribution in [-0.2, 0) is 11.2 Å². The lowest BCUT2D eigenvalue weighted by Crippen LogP contribution is -2.50. The van der Waals surface area contributed by atoms with Crippen LogP contribution in [0.1, 0.15) is 60.3 Å². The molecule has 1 aromatic heterocycles. The second kappa shape index (κ2) is 9.15. The second-order valence-corrected chi connectivity index (χ2v) is 11.4. The molecule has 2 amide bonds. The molecular weight excluding hydrogens is 460 g/mol. The van der Waals surface area contributed by atoms with Crippen molar-refractivity contribution >= 4 is 38.7 Å². The van der Waals surface area contributed by atoms with E-state index in [-0.39, 0.29) is 18.0 Å². The number of carbonyl (C=O) groups excluding carboxylic acids is 2. The molecule has 0 unspecified atom stereocenters. The summed E-state index contributed by atoms with van der Waals surface area (Å²) in [7, 11) is 0. The predicted molar refractivity (Wildman–Crippen MR) is 139 cm³/mol. The summed E-state index contributed by atoms with van der Waals surface area (Å²) < 4.78 is 6.51. The van der Waals surface area contributed by atoms with Crippen molar-refractivity contribution in [1.29, 1.82) is 0 Å². The van der Waals surface area contributed by atoms with Gasteiger partial charge in [0.05, 0.1) is 16.3 Å². The van der Waals surface area contributed by atoms with Crippen LogP contribution in [0, 0.1) is 6.92 Å². The molecule has 0 saturated carbocycles. The number of benzene rings is 2. The SMILES string of the molecule is Cc1cc(C(=O)N[C@H]2CCc3ccccc32)cc2sc(N3CCN(C(=O)OC(C)(C)C)CC3)nc12. The van der Waals surface area contributed by atoms with E-state index < -0.39 is 5.60 Å². The number of hydrogen-bond acceptors (Lipinski definition) is 6. The van der Waals surface area contributed by atoms with Crippen molar-refractivity contribution in [2.24, 2.45) is 0 Å². The second-order valence-electron chi connectivity index (χ2n) is 10.4. The van der Waals surface area contributed by atoms with E-state index in [9.17, 15) is 9.59 Å². The maximum Gasteiger partial charge on any atom is 0.410 e. The highest BCUT2D eigenvalue weighted by molar-refractivity contribution is 7.22. The summed E-state index contributed by atoms with van der Waals surface area (Å²) >= 11 is 1.60. The third kappa shape index (κ3) is 4.98. The Labute approximate surface area is 210 Å². The molecule has 7 nitrogen and oxygen atoms in total. The van der Waals surface area contributed by atoms with Gasteiger partial charge in [-0.3, -0.25) is 4.79 Å². The summed E-state index contributed by atoms with van der Waals surface area (Å²) in [4.78, 5) is 34.3. The van der Waals surface area contributed by atoms with Crippen LogP contribution in [-0.4, -0.2) is 53.7 Å². The molecule has 5 rings (SSSR count). The number of ether oxygens (including phenoxy) is 1. The third-order valence-electron chi connectivity index (χ3n) is 6.58. The first-order valence-corrected chi connectivity index (χ1v) is 13.0. The Hall–Kier alpha value is -3.13. The highest BCUT2D eigenvalue weighted by Gasteiger charge is 2.28. The fraction of sp³-hybridized carbons (Fsp3) is 0.444. The number of fused-ring (bicyclic) bond motifs is 2. The molecule has 0 bridgehead atoms. The molecule has 1 saturated heterocycles. The van der Waals surface area contributed by atoms with E-state index in [1.54, 1.807) is 16.2 Å². The number of aromatic nitrogens is 1. The number of thiazole rings is 1. The van der Waals surface area contributed by atoms with E-state index in [0.717, 1.165) is 33.8 Å². The predicted octanol–water partition coefficient (Wildman–Crippen LogP) is 5.08. The first kappa shape index (κ1) is 23.6. The zero-order chi connectivity index (χ0) is 24.7. The van der Waals surface area contributed by atoms with Crippen LogP contribution in [0.4, 0.5) is 9.93 Å². The van der Waals surface area contributed by atoms with E-state index in [0.29, 0.717) is 31.7 Å². The van der Waals surface area contributed by atoms with Crippen molar-refractivity contribution in [1.82, 2.24) is 15.2 Å². The van der Waals surface area contributed by atoms with Gasteiger partial charge in [0.1, 0.15) is 5.60 Å². The molecule has 2 heterocycles. The average Bonchev–Trinajstić information content (AvgIpc) is 3.43. The van der Waals surface area contributed by atoms with Crippen LogP contribution in [0.5, 0.6) is 0 Å². The summed E-state index contributed by atoms with van der Waals surface area (Å²) in [6, 6.07) is 12.3. The standard InChI is InChI=1S/C27H32N4O3S/c1-17-15-19(24(32)28-21-10-9-18-7-5-6-8-20(18)21)16-22-23(17)29-25(35-22)30-11-13-31(14-12-30)26(33)34-27(2,3)4/h5-8,15-16,21H,9-14H2,1-4H3,(H,28,32)/t21-/m0/s1. The van der Waals surface area contributed by atoms with Gasteiger partial charge in [-0.05, 0) is 69.4 Å². The fourth-order valence-electron chi connectivity index (χ4n) is 4.81. The van der Waals surface area contributed by atoms with Gasteiger partial charge >= 0.3 is 6.09 Å². The number of nitrogens with zero attached hydrogens (tertiary/aromatic N) is 3. The highest BCUT2D eigenvalue weighted by Crippen LogP contribution is 2.34. The number of aryl methyl sites for hydroxylation is 2. The minimum absolute atomic E-state index is 0.0439. The van der Waals surface area contributed by atoms with E-state index in [4.69, 9.17) is 9.72 Å². The van der Waals surface area contributed by atoms with Crippen molar-refractivity contribution in [3.8, 4) is 0 Å². The molecule has 2 aromatic carbocycles. The molecule has 35 heavy (non-hydrogen) atoms. The minimum atomic E-state index is -0.496. The summed E-state index contributed by atoms with van der Waals surface area (Å²) in [5.74, 6) is -0.0439. The Bertz CT molecular complexity index is 1270. The van der Waals surface area contributed by atoms with Gasteiger partial charge in [0.15, 0.2) is 5.13 Å². The van der Waals surface area contributed by atoms with E-state index >= 15 is 0 Å². The molecule has 184 valence electrons. The Kier molecular flexibility index (Phi) is 6.17. The minimum Gasteiger partial charge on any atom is -0.444 e. The van der Waals surface area contributed by atoms with Gasteiger partial charge in [0.25, 0.3) is 5.91 Å². The monoisotopic (exact) mass is 492 g/mol. The number of rotatable bonds is 3. The number of amides is 2. The van der Waals surface area contributed by atoms with Crippen LogP contribution in [0.15, 0.2) is 36.4 Å². The number of carbonyl (C=O) groups is 2. The molecule has 2 aliphatic rings. The van der Waals surface area contributed by atoms with E-state index in [2.05, 4.69) is 28.4 Å². The Morgan fingerprint density at radius 2 is 1.86 bits per heavy atom. The molecule has 1 aliphatic heterocycles. The van der Waals surface area contributed by atoms with Crippen LogP contribution in [0.2, 0.25) is 0 Å². The largest absolute Gasteiger partial charge is 0.444 e. The normalized spacial score (nSPS) is 18.0. The molecule has 0 spiro atoms. The molecule has 1 atom stereocenters. The smallest absolute Gasteiger partial charge is 0.410 e. The lowest BCUT2D eigenvalue weighted by molar-refractivity contribution is 0.0240. The topological polar surface area (TPSA) is 74.8 Å². The lowest BCUT2D eigenvalue weighted by atomic mass is 10.1. The van der Waals surface area contributed by atoms with Gasteiger partial charge in [-0.25, -0.2) is 9.78 Å². The Balaban J connectivity index is 1.28. The van der Waals surface area contributed by atoms with Gasteiger partial charge in [0, 0.05) is 31.7 Å². The maximum absolute atomic E-state index is 13.1. The fourth-order valence-corrected chi connectivity index (χ4v) is 5.94. The van der Waals surface area contributed by atoms with Crippen LogP contribution < -0.4 is 10.2 Å². The summed E-state index contributed by atoms with van der Waals surface area (Å²) in [6.45, 7) is 10.2. The van der Waals surface area contributed by atoms with Crippen molar-refractivity contribution in [2.75, 3.05) is 31.1 Å². The average molecular weight is 493 g/mol. The lowest BCUT2D eigenvalue weighted by Gasteiger charge is -2.35. The Morgan fingerprint density at radius 3 is 2.60 bits per heavy atom. The van der Waals surface area contributed by atoms with Gasteiger partial charge in [-0.15, -0.1) is 0 Å².